The van der Waals surface area contributed by atoms with Crippen LogP contribution in [-0.2, 0) is 4.79 Å². The standard InChI is InChI=1S/C13H17N3O4/c1-15-13(12(14)17,9-2-3-9)8-20-11-6-4-10(5-7-11)16(18)19/h4-7,9,15H,2-3,8H2,1H3,(H2,14,17). The molecule has 3 N–H and O–H groups in total. The molecule has 1 saturated carbocycles. The topological polar surface area (TPSA) is 107 Å². The van der Waals surface area contributed by atoms with Gasteiger partial charge in [0.15, 0.2) is 0 Å². The van der Waals surface area contributed by atoms with Crippen LogP contribution in [0.2, 0.25) is 0 Å². The van der Waals surface area contributed by atoms with Crippen LogP contribution in [-0.4, -0.2) is 30.0 Å². The Bertz CT molecular complexity index is 513. The van der Waals surface area contributed by atoms with Crippen LogP contribution >= 0.6 is 0 Å². The first kappa shape index (κ1) is 14.3. The van der Waals surface area contributed by atoms with E-state index in [2.05, 4.69) is 5.32 Å². The van der Waals surface area contributed by atoms with E-state index < -0.39 is 16.4 Å². The highest BCUT2D eigenvalue weighted by Gasteiger charge is 2.49. The fourth-order valence-electron chi connectivity index (χ4n) is 2.23. The highest BCUT2D eigenvalue weighted by atomic mass is 16.6. The van der Waals surface area contributed by atoms with E-state index in [0.29, 0.717) is 5.75 Å². The molecule has 1 atom stereocenters. The number of amides is 1. The number of carbonyl (C=O) groups is 1. The molecule has 0 radical (unpaired) electrons. The molecule has 20 heavy (non-hydrogen) atoms. The minimum absolute atomic E-state index is 0.00526. The second kappa shape index (κ2) is 5.46. The maximum Gasteiger partial charge on any atom is 0.269 e. The number of nitro benzene ring substituents is 1. The van der Waals surface area contributed by atoms with Gasteiger partial charge in [0.1, 0.15) is 17.9 Å². The molecule has 7 heteroatoms. The minimum Gasteiger partial charge on any atom is -0.491 e. The third kappa shape index (κ3) is 2.72. The maximum absolute atomic E-state index is 11.7. The van der Waals surface area contributed by atoms with E-state index in [1.807, 2.05) is 0 Å². The summed E-state index contributed by atoms with van der Waals surface area (Å²) in [6.07, 6.45) is 1.88. The van der Waals surface area contributed by atoms with Crippen molar-refractivity contribution in [2.24, 2.45) is 11.7 Å². The largest absolute Gasteiger partial charge is 0.491 e. The van der Waals surface area contributed by atoms with Crippen molar-refractivity contribution >= 4 is 11.6 Å². The molecular formula is C13H17N3O4. The number of nitrogens with zero attached hydrogens (tertiary/aromatic N) is 1. The van der Waals surface area contributed by atoms with E-state index in [1.54, 1.807) is 7.05 Å². The second-order valence-corrected chi connectivity index (χ2v) is 4.90. The van der Waals surface area contributed by atoms with Crippen molar-refractivity contribution in [2.45, 2.75) is 18.4 Å². The van der Waals surface area contributed by atoms with E-state index in [9.17, 15) is 14.9 Å². The van der Waals surface area contributed by atoms with E-state index in [0.717, 1.165) is 12.8 Å². The summed E-state index contributed by atoms with van der Waals surface area (Å²) in [6.45, 7) is 0.112. The first-order valence-electron chi connectivity index (χ1n) is 6.35. The molecule has 0 spiro atoms. The predicted molar refractivity (Wildman–Crippen MR) is 72.3 cm³/mol. The quantitative estimate of drug-likeness (QED) is 0.567. The van der Waals surface area contributed by atoms with Gasteiger partial charge in [-0.2, -0.15) is 0 Å². The molecular weight excluding hydrogens is 262 g/mol. The molecule has 0 saturated heterocycles. The molecule has 1 aromatic carbocycles. The Morgan fingerprint density at radius 1 is 1.50 bits per heavy atom. The normalized spacial score (nSPS) is 17.2. The Morgan fingerprint density at radius 2 is 2.10 bits per heavy atom. The van der Waals surface area contributed by atoms with Gasteiger partial charge in [0.2, 0.25) is 5.91 Å². The van der Waals surface area contributed by atoms with Crippen LogP contribution in [0.5, 0.6) is 5.75 Å². The van der Waals surface area contributed by atoms with Crippen molar-refractivity contribution in [1.29, 1.82) is 0 Å². The number of ether oxygens (including phenoxy) is 1. The average Bonchev–Trinajstić information content (AvgIpc) is 3.25. The molecule has 0 bridgehead atoms. The van der Waals surface area contributed by atoms with Crippen LogP contribution in [0.4, 0.5) is 5.69 Å². The molecule has 1 aliphatic carbocycles. The van der Waals surface area contributed by atoms with Crippen LogP contribution in [0.15, 0.2) is 24.3 Å². The molecule has 2 rings (SSSR count). The number of hydrogen-bond acceptors (Lipinski definition) is 5. The van der Waals surface area contributed by atoms with Gasteiger partial charge >= 0.3 is 0 Å². The number of nitrogens with two attached hydrogens (primary N) is 1. The van der Waals surface area contributed by atoms with Crippen molar-refractivity contribution < 1.29 is 14.5 Å². The van der Waals surface area contributed by atoms with Crippen LogP contribution in [0, 0.1) is 16.0 Å². The highest BCUT2D eigenvalue weighted by molar-refractivity contribution is 5.85. The summed E-state index contributed by atoms with van der Waals surface area (Å²) < 4.78 is 5.57. The molecule has 1 unspecified atom stereocenters. The number of carbonyl (C=O) groups excluding carboxylic acids is 1. The molecule has 0 aromatic heterocycles. The molecule has 0 aliphatic heterocycles. The second-order valence-electron chi connectivity index (χ2n) is 4.90. The Morgan fingerprint density at radius 3 is 2.50 bits per heavy atom. The van der Waals surface area contributed by atoms with Crippen molar-refractivity contribution in [3.05, 3.63) is 34.4 Å². The number of non-ortho nitro benzene ring substituents is 1. The summed E-state index contributed by atoms with van der Waals surface area (Å²) in [5.74, 6) is 0.213. The molecule has 0 heterocycles. The number of nitrogens with one attached hydrogen (secondary N) is 1. The van der Waals surface area contributed by atoms with Crippen LogP contribution in [0.1, 0.15) is 12.8 Å². The molecule has 1 aliphatic rings. The van der Waals surface area contributed by atoms with Crippen molar-refractivity contribution in [3.63, 3.8) is 0 Å². The van der Waals surface area contributed by atoms with Crippen molar-refractivity contribution in [2.75, 3.05) is 13.7 Å². The number of rotatable bonds is 7. The third-order valence-electron chi connectivity index (χ3n) is 3.67. The van der Waals surface area contributed by atoms with Gasteiger partial charge in [-0.15, -0.1) is 0 Å². The molecule has 1 amide bonds. The zero-order valence-corrected chi connectivity index (χ0v) is 11.2. The van der Waals surface area contributed by atoms with E-state index in [4.69, 9.17) is 10.5 Å². The third-order valence-corrected chi connectivity index (χ3v) is 3.67. The van der Waals surface area contributed by atoms with Gasteiger partial charge < -0.3 is 15.8 Å². The van der Waals surface area contributed by atoms with Gasteiger partial charge in [-0.05, 0) is 37.9 Å². The monoisotopic (exact) mass is 279 g/mol. The molecule has 1 fully saturated rings. The summed E-state index contributed by atoms with van der Waals surface area (Å²) in [5, 5.41) is 13.5. The number of likely N-dealkylation sites (N-methyl/N-ethyl adjacent to an activating group) is 1. The fourth-order valence-corrected chi connectivity index (χ4v) is 2.23. The van der Waals surface area contributed by atoms with Crippen LogP contribution in [0.25, 0.3) is 0 Å². The lowest BCUT2D eigenvalue weighted by Crippen LogP contribution is -2.59. The lowest BCUT2D eigenvalue weighted by atomic mass is 9.93. The lowest BCUT2D eigenvalue weighted by Gasteiger charge is -2.30. The zero-order valence-electron chi connectivity index (χ0n) is 11.2. The predicted octanol–water partition coefficient (Wildman–Crippen LogP) is 0.827. The Hall–Kier alpha value is -2.15. The zero-order chi connectivity index (χ0) is 14.8. The van der Waals surface area contributed by atoms with Gasteiger partial charge in [-0.1, -0.05) is 0 Å². The SMILES string of the molecule is CNC(COc1ccc([N+](=O)[O-])cc1)(C(N)=O)C1CC1. The molecule has 7 nitrogen and oxygen atoms in total. The Balaban J connectivity index is 2.06. The average molecular weight is 279 g/mol. The Kier molecular flexibility index (Phi) is 3.89. The number of nitro groups is 1. The fraction of sp³-hybridized carbons (Fsp3) is 0.462. The summed E-state index contributed by atoms with van der Waals surface area (Å²) in [7, 11) is 1.68. The highest BCUT2D eigenvalue weighted by Crippen LogP contribution is 2.39. The molecule has 1 aromatic rings. The summed E-state index contributed by atoms with van der Waals surface area (Å²) in [5.41, 5.74) is 4.60. The number of primary amides is 1. The van der Waals surface area contributed by atoms with E-state index in [-0.39, 0.29) is 18.2 Å². The van der Waals surface area contributed by atoms with Crippen LogP contribution in [0.3, 0.4) is 0 Å². The Labute approximate surface area is 116 Å². The van der Waals surface area contributed by atoms with Gasteiger partial charge in [0, 0.05) is 12.1 Å². The van der Waals surface area contributed by atoms with Crippen LogP contribution < -0.4 is 15.8 Å². The smallest absolute Gasteiger partial charge is 0.269 e. The minimum atomic E-state index is -0.873. The van der Waals surface area contributed by atoms with Gasteiger partial charge in [0.25, 0.3) is 5.69 Å². The first-order chi connectivity index (χ1) is 9.49. The van der Waals surface area contributed by atoms with Gasteiger partial charge in [0.05, 0.1) is 4.92 Å². The first-order valence-corrected chi connectivity index (χ1v) is 6.35. The van der Waals surface area contributed by atoms with E-state index in [1.165, 1.54) is 24.3 Å². The lowest BCUT2D eigenvalue weighted by molar-refractivity contribution is -0.384. The molecule has 108 valence electrons. The summed E-state index contributed by atoms with van der Waals surface area (Å²) in [6, 6.07) is 5.73. The van der Waals surface area contributed by atoms with Gasteiger partial charge in [-0.25, -0.2) is 0 Å². The van der Waals surface area contributed by atoms with Crippen molar-refractivity contribution in [1.82, 2.24) is 5.32 Å². The number of hydrogen-bond donors (Lipinski definition) is 2. The maximum atomic E-state index is 11.7. The summed E-state index contributed by atoms with van der Waals surface area (Å²) >= 11 is 0. The van der Waals surface area contributed by atoms with Crippen molar-refractivity contribution in [3.8, 4) is 5.75 Å². The number of benzene rings is 1. The van der Waals surface area contributed by atoms with Gasteiger partial charge in [-0.3, -0.25) is 14.9 Å². The summed E-state index contributed by atoms with van der Waals surface area (Å²) in [4.78, 5) is 21.8. The van der Waals surface area contributed by atoms with E-state index >= 15 is 0 Å².